The minimum Gasteiger partial charge on any atom is -0.481 e. The lowest BCUT2D eigenvalue weighted by Crippen LogP contribution is -2.54. The first-order valence-electron chi connectivity index (χ1n) is 11.0. The maximum absolute atomic E-state index is 12.7. The minimum atomic E-state index is -0.988. The van der Waals surface area contributed by atoms with Crippen LogP contribution in [0.5, 0.6) is 0 Å². The number of methoxy groups -OCH3 is 1. The average Bonchev–Trinajstić information content (AvgIpc) is 3.13. The van der Waals surface area contributed by atoms with Crippen LogP contribution in [-0.4, -0.2) is 55.0 Å². The number of carbonyl (C=O) groups is 3. The molecule has 3 N–H and O–H groups in total. The fourth-order valence-corrected chi connectivity index (χ4v) is 4.04. The molecular formula is C25H30N2O6. The highest BCUT2D eigenvalue weighted by atomic mass is 16.5. The van der Waals surface area contributed by atoms with Crippen molar-refractivity contribution < 1.29 is 29.0 Å². The lowest BCUT2D eigenvalue weighted by molar-refractivity contribution is -0.137. The maximum Gasteiger partial charge on any atom is 0.407 e. The summed E-state index contributed by atoms with van der Waals surface area (Å²) in [5, 5.41) is 14.1. The van der Waals surface area contributed by atoms with Crippen molar-refractivity contribution >= 4 is 18.0 Å². The van der Waals surface area contributed by atoms with Crippen LogP contribution < -0.4 is 10.6 Å². The molecule has 0 heterocycles. The van der Waals surface area contributed by atoms with Crippen LogP contribution in [0.2, 0.25) is 0 Å². The number of carboxylic acids is 1. The number of alkyl carbamates (subject to hydrolysis) is 1. The number of fused-ring (bicyclic) bond motifs is 3. The van der Waals surface area contributed by atoms with Crippen LogP contribution in [0.3, 0.4) is 0 Å². The molecule has 1 aliphatic carbocycles. The van der Waals surface area contributed by atoms with Gasteiger partial charge in [-0.15, -0.1) is 0 Å². The molecule has 2 aromatic rings. The summed E-state index contributed by atoms with van der Waals surface area (Å²) in [7, 11) is 1.44. The molecule has 176 valence electrons. The Morgan fingerprint density at radius 1 is 0.970 bits per heavy atom. The number of hydrogen-bond donors (Lipinski definition) is 3. The number of hydrogen-bond acceptors (Lipinski definition) is 5. The predicted octanol–water partition coefficient (Wildman–Crippen LogP) is 3.30. The van der Waals surface area contributed by atoms with Gasteiger partial charge < -0.3 is 25.2 Å². The zero-order valence-corrected chi connectivity index (χ0v) is 19.0. The molecule has 1 unspecified atom stereocenters. The smallest absolute Gasteiger partial charge is 0.407 e. The molecule has 0 fully saturated rings. The highest BCUT2D eigenvalue weighted by Gasteiger charge is 2.31. The third-order valence-electron chi connectivity index (χ3n) is 5.92. The summed E-state index contributed by atoms with van der Waals surface area (Å²) in [4.78, 5) is 36.1. The van der Waals surface area contributed by atoms with Gasteiger partial charge in [0, 0.05) is 25.5 Å². The summed E-state index contributed by atoms with van der Waals surface area (Å²) in [6.45, 7) is 3.50. The first-order valence-corrected chi connectivity index (χ1v) is 11.0. The summed E-state index contributed by atoms with van der Waals surface area (Å²) >= 11 is 0. The fraction of sp³-hybridized carbons (Fsp3) is 0.400. The number of nitrogens with one attached hydrogen (secondary N) is 2. The van der Waals surface area contributed by atoms with E-state index in [1.807, 2.05) is 36.4 Å². The molecule has 0 bridgehead atoms. The Bertz CT molecular complexity index is 962. The van der Waals surface area contributed by atoms with Crippen molar-refractivity contribution in [3.05, 3.63) is 59.7 Å². The second-order valence-corrected chi connectivity index (χ2v) is 8.23. The summed E-state index contributed by atoms with van der Waals surface area (Å²) in [5.41, 5.74) is 4.45. The van der Waals surface area contributed by atoms with Gasteiger partial charge in [-0.05, 0) is 42.5 Å². The van der Waals surface area contributed by atoms with Crippen LogP contribution in [0.4, 0.5) is 4.79 Å². The highest BCUT2D eigenvalue weighted by molar-refractivity contribution is 5.86. The standard InChI is InChI=1S/C25H30N2O6/c1-15(12-13-22(28)29)26-24(30)23(16(2)32-3)27-25(31)33-14-21-19-10-6-4-8-17(19)18-9-5-7-11-20(18)21/h4-11,15-16,21,23H,12-14H2,1-3H3,(H,26,30)(H,27,31)(H,28,29)/t15?,16-,23+/m1/s1. The third kappa shape index (κ3) is 5.90. The summed E-state index contributed by atoms with van der Waals surface area (Å²) in [6, 6.07) is 14.7. The molecule has 1 aliphatic rings. The zero-order valence-electron chi connectivity index (χ0n) is 19.0. The monoisotopic (exact) mass is 454 g/mol. The van der Waals surface area contributed by atoms with E-state index in [-0.39, 0.29) is 31.4 Å². The summed E-state index contributed by atoms with van der Waals surface area (Å²) in [5.74, 6) is -1.49. The molecule has 3 rings (SSSR count). The van der Waals surface area contributed by atoms with Gasteiger partial charge in [0.05, 0.1) is 6.10 Å². The van der Waals surface area contributed by atoms with E-state index in [2.05, 4.69) is 22.8 Å². The Morgan fingerprint density at radius 2 is 1.55 bits per heavy atom. The minimum absolute atomic E-state index is 0.0637. The van der Waals surface area contributed by atoms with Crippen molar-refractivity contribution in [3.63, 3.8) is 0 Å². The molecule has 8 heteroatoms. The Morgan fingerprint density at radius 3 is 2.09 bits per heavy atom. The Kier molecular flexibility index (Phi) is 8.06. The molecule has 0 aliphatic heterocycles. The second-order valence-electron chi connectivity index (χ2n) is 8.23. The zero-order chi connectivity index (χ0) is 24.0. The third-order valence-corrected chi connectivity index (χ3v) is 5.92. The molecule has 3 atom stereocenters. The average molecular weight is 455 g/mol. The van der Waals surface area contributed by atoms with E-state index >= 15 is 0 Å². The number of rotatable bonds is 10. The molecule has 2 aromatic carbocycles. The van der Waals surface area contributed by atoms with Gasteiger partial charge in [-0.25, -0.2) is 4.79 Å². The van der Waals surface area contributed by atoms with Crippen LogP contribution >= 0.6 is 0 Å². The molecule has 0 aromatic heterocycles. The van der Waals surface area contributed by atoms with E-state index in [9.17, 15) is 14.4 Å². The van der Waals surface area contributed by atoms with E-state index in [0.717, 1.165) is 22.3 Å². The molecule has 2 amide bonds. The number of carbonyl (C=O) groups excluding carboxylic acids is 2. The van der Waals surface area contributed by atoms with Crippen molar-refractivity contribution in [2.75, 3.05) is 13.7 Å². The summed E-state index contributed by atoms with van der Waals surface area (Å²) in [6.07, 6.45) is -1.12. The summed E-state index contributed by atoms with van der Waals surface area (Å²) < 4.78 is 10.8. The van der Waals surface area contributed by atoms with Gasteiger partial charge in [0.15, 0.2) is 0 Å². The lowest BCUT2D eigenvalue weighted by atomic mass is 9.98. The molecular weight excluding hydrogens is 424 g/mol. The van der Waals surface area contributed by atoms with E-state index < -0.39 is 30.1 Å². The van der Waals surface area contributed by atoms with E-state index in [1.54, 1.807) is 13.8 Å². The first kappa shape index (κ1) is 24.3. The first-order chi connectivity index (χ1) is 15.8. The van der Waals surface area contributed by atoms with Crippen LogP contribution in [-0.2, 0) is 19.1 Å². The van der Waals surface area contributed by atoms with Gasteiger partial charge in [0.2, 0.25) is 5.91 Å². The van der Waals surface area contributed by atoms with Crippen molar-refractivity contribution in [2.24, 2.45) is 0 Å². The quantitative estimate of drug-likeness (QED) is 0.508. The van der Waals surface area contributed by atoms with E-state index in [4.69, 9.17) is 14.6 Å². The van der Waals surface area contributed by atoms with Crippen LogP contribution in [0.15, 0.2) is 48.5 Å². The van der Waals surface area contributed by atoms with Crippen molar-refractivity contribution in [3.8, 4) is 11.1 Å². The van der Waals surface area contributed by atoms with E-state index in [0.29, 0.717) is 0 Å². The molecule has 0 saturated carbocycles. The molecule has 8 nitrogen and oxygen atoms in total. The highest BCUT2D eigenvalue weighted by Crippen LogP contribution is 2.44. The van der Waals surface area contributed by atoms with Crippen LogP contribution in [0.25, 0.3) is 11.1 Å². The van der Waals surface area contributed by atoms with Gasteiger partial charge in [-0.1, -0.05) is 48.5 Å². The van der Waals surface area contributed by atoms with Gasteiger partial charge in [0.25, 0.3) is 0 Å². The van der Waals surface area contributed by atoms with Crippen molar-refractivity contribution in [2.45, 2.75) is 50.8 Å². The largest absolute Gasteiger partial charge is 0.481 e. The number of amides is 2. The number of aliphatic carboxylic acids is 1. The topological polar surface area (TPSA) is 114 Å². The van der Waals surface area contributed by atoms with Gasteiger partial charge in [0.1, 0.15) is 12.6 Å². The van der Waals surface area contributed by atoms with Crippen molar-refractivity contribution in [1.29, 1.82) is 0 Å². The molecule has 0 saturated heterocycles. The van der Waals surface area contributed by atoms with E-state index in [1.165, 1.54) is 7.11 Å². The number of carboxylic acid groups (broad SMARTS) is 1. The normalized spacial score (nSPS) is 15.0. The molecule has 0 spiro atoms. The van der Waals surface area contributed by atoms with Crippen LogP contribution in [0.1, 0.15) is 43.7 Å². The van der Waals surface area contributed by atoms with Crippen LogP contribution in [0, 0.1) is 0 Å². The Hall–Kier alpha value is -3.39. The van der Waals surface area contributed by atoms with Gasteiger partial charge in [-0.2, -0.15) is 0 Å². The SMILES string of the molecule is CO[C@H](C)[C@H](NC(=O)OCC1c2ccccc2-c2ccccc21)C(=O)NC(C)CCC(=O)O. The van der Waals surface area contributed by atoms with Crippen molar-refractivity contribution in [1.82, 2.24) is 10.6 Å². The predicted molar refractivity (Wildman–Crippen MR) is 123 cm³/mol. The fourth-order valence-electron chi connectivity index (χ4n) is 4.04. The molecule has 33 heavy (non-hydrogen) atoms. The number of benzene rings is 2. The number of ether oxygens (including phenoxy) is 2. The van der Waals surface area contributed by atoms with Gasteiger partial charge >= 0.3 is 12.1 Å². The lowest BCUT2D eigenvalue weighted by Gasteiger charge is -2.25. The Labute approximate surface area is 193 Å². The second kappa shape index (κ2) is 11.0. The Balaban J connectivity index is 1.63. The molecule has 0 radical (unpaired) electrons. The maximum atomic E-state index is 12.7. The van der Waals surface area contributed by atoms with Gasteiger partial charge in [-0.3, -0.25) is 9.59 Å².